The molecule has 118 valence electrons. The topological polar surface area (TPSA) is 35.2 Å². The third-order valence-electron chi connectivity index (χ3n) is 4.18. The Kier molecular flexibility index (Phi) is 6.02. The summed E-state index contributed by atoms with van der Waals surface area (Å²) < 4.78 is 6.04. The van der Waals surface area contributed by atoms with E-state index in [2.05, 4.69) is 63.2 Å². The quantitative estimate of drug-likeness (QED) is 0.808. The Morgan fingerprint density at radius 3 is 2.23 bits per heavy atom. The summed E-state index contributed by atoms with van der Waals surface area (Å²) in [4.78, 5) is 0. The van der Waals surface area contributed by atoms with Gasteiger partial charge >= 0.3 is 0 Å². The maximum atomic E-state index is 6.04. The van der Waals surface area contributed by atoms with Gasteiger partial charge in [-0.25, -0.2) is 0 Å². The Labute approximate surface area is 134 Å². The zero-order chi connectivity index (χ0) is 15.9. The lowest BCUT2D eigenvalue weighted by Crippen LogP contribution is -2.16. The summed E-state index contributed by atoms with van der Waals surface area (Å²) in [6.45, 7) is 7.88. The van der Waals surface area contributed by atoms with Crippen molar-refractivity contribution in [2.45, 2.75) is 39.0 Å². The summed E-state index contributed by atoms with van der Waals surface area (Å²) in [5, 5.41) is 0. The molecule has 2 aromatic carbocycles. The van der Waals surface area contributed by atoms with E-state index in [1.165, 1.54) is 16.7 Å². The van der Waals surface area contributed by atoms with Crippen LogP contribution in [0.25, 0.3) is 0 Å². The van der Waals surface area contributed by atoms with Gasteiger partial charge < -0.3 is 10.5 Å². The van der Waals surface area contributed by atoms with Crippen molar-refractivity contribution in [2.24, 2.45) is 5.73 Å². The number of ether oxygens (including phenoxy) is 1. The molecule has 0 radical (unpaired) electrons. The Morgan fingerprint density at radius 1 is 0.955 bits per heavy atom. The number of hydrogen-bond acceptors (Lipinski definition) is 2. The third-order valence-corrected chi connectivity index (χ3v) is 4.18. The number of hydrogen-bond donors (Lipinski definition) is 1. The highest BCUT2D eigenvalue weighted by Gasteiger charge is 2.13. The minimum Gasteiger partial charge on any atom is -0.493 e. The van der Waals surface area contributed by atoms with Gasteiger partial charge in [-0.2, -0.15) is 0 Å². The van der Waals surface area contributed by atoms with Crippen molar-refractivity contribution in [3.8, 4) is 5.75 Å². The van der Waals surface area contributed by atoms with Gasteiger partial charge in [0.1, 0.15) is 5.75 Å². The highest BCUT2D eigenvalue weighted by Crippen LogP contribution is 2.27. The molecule has 2 N–H and O–H groups in total. The van der Waals surface area contributed by atoms with Crippen LogP contribution < -0.4 is 10.5 Å². The average Bonchev–Trinajstić information content (AvgIpc) is 2.53. The first kappa shape index (κ1) is 16.6. The summed E-state index contributed by atoms with van der Waals surface area (Å²) in [6, 6.07) is 16.8. The van der Waals surface area contributed by atoms with Crippen LogP contribution >= 0.6 is 0 Å². The van der Waals surface area contributed by atoms with E-state index in [-0.39, 0.29) is 0 Å². The summed E-state index contributed by atoms with van der Waals surface area (Å²) in [5.41, 5.74) is 9.89. The van der Waals surface area contributed by atoms with Gasteiger partial charge in [-0.15, -0.1) is 0 Å². The van der Waals surface area contributed by atoms with Crippen molar-refractivity contribution in [1.29, 1.82) is 0 Å². The molecule has 0 aliphatic carbocycles. The molecule has 0 saturated heterocycles. The smallest absolute Gasteiger partial charge is 0.122 e. The van der Waals surface area contributed by atoms with Crippen LogP contribution in [0.3, 0.4) is 0 Å². The lowest BCUT2D eigenvalue weighted by Gasteiger charge is -2.19. The highest BCUT2D eigenvalue weighted by molar-refractivity contribution is 5.35. The Hall–Kier alpha value is -1.80. The van der Waals surface area contributed by atoms with Crippen LogP contribution in [-0.2, 0) is 0 Å². The molecule has 0 heterocycles. The van der Waals surface area contributed by atoms with Gasteiger partial charge in [0, 0.05) is 0 Å². The highest BCUT2D eigenvalue weighted by atomic mass is 16.5. The molecule has 1 atom stereocenters. The first-order chi connectivity index (χ1) is 10.6. The summed E-state index contributed by atoms with van der Waals surface area (Å²) in [5.74, 6) is 1.82. The molecule has 2 rings (SSSR count). The van der Waals surface area contributed by atoms with E-state index in [0.29, 0.717) is 25.0 Å². The summed E-state index contributed by atoms with van der Waals surface area (Å²) in [6.07, 6.45) is 0.938. The number of rotatable bonds is 7. The van der Waals surface area contributed by atoms with Crippen LogP contribution in [0.4, 0.5) is 0 Å². The second kappa shape index (κ2) is 8.00. The molecule has 0 fully saturated rings. The predicted molar refractivity (Wildman–Crippen MR) is 93.6 cm³/mol. The maximum Gasteiger partial charge on any atom is 0.122 e. The largest absolute Gasteiger partial charge is 0.493 e. The van der Waals surface area contributed by atoms with E-state index in [1.807, 2.05) is 6.07 Å². The molecule has 0 aliphatic heterocycles. The van der Waals surface area contributed by atoms with Gasteiger partial charge in [0.25, 0.3) is 0 Å². The van der Waals surface area contributed by atoms with Crippen LogP contribution in [0, 0.1) is 6.92 Å². The number of aryl methyl sites for hydroxylation is 1. The van der Waals surface area contributed by atoms with Crippen LogP contribution in [0.2, 0.25) is 0 Å². The SMILES string of the molecule is Cc1ccccc1C(CN)CCOc1ccccc1C(C)C. The molecule has 0 saturated carbocycles. The molecular formula is C20H27NO. The van der Waals surface area contributed by atoms with Gasteiger partial charge in [-0.3, -0.25) is 0 Å². The molecule has 2 aromatic rings. The second-order valence-corrected chi connectivity index (χ2v) is 6.12. The fourth-order valence-electron chi connectivity index (χ4n) is 2.85. The van der Waals surface area contributed by atoms with E-state index >= 15 is 0 Å². The molecule has 22 heavy (non-hydrogen) atoms. The monoisotopic (exact) mass is 297 g/mol. The average molecular weight is 297 g/mol. The Morgan fingerprint density at radius 2 is 1.59 bits per heavy atom. The predicted octanol–water partition coefficient (Wildman–Crippen LogP) is 4.63. The molecule has 1 unspecified atom stereocenters. The lowest BCUT2D eigenvalue weighted by molar-refractivity contribution is 0.294. The first-order valence-corrected chi connectivity index (χ1v) is 8.10. The normalized spacial score (nSPS) is 12.4. The molecular weight excluding hydrogens is 270 g/mol. The van der Waals surface area contributed by atoms with E-state index in [1.54, 1.807) is 0 Å². The van der Waals surface area contributed by atoms with Gasteiger partial charge in [0.05, 0.1) is 6.61 Å². The molecule has 0 aliphatic rings. The molecule has 0 amide bonds. The zero-order valence-corrected chi connectivity index (χ0v) is 13.9. The second-order valence-electron chi connectivity index (χ2n) is 6.12. The van der Waals surface area contributed by atoms with Crippen LogP contribution in [0.15, 0.2) is 48.5 Å². The van der Waals surface area contributed by atoms with Gasteiger partial charge in [-0.05, 0) is 54.5 Å². The van der Waals surface area contributed by atoms with Crippen molar-refractivity contribution in [2.75, 3.05) is 13.2 Å². The van der Waals surface area contributed by atoms with Crippen LogP contribution in [-0.4, -0.2) is 13.2 Å². The van der Waals surface area contributed by atoms with E-state index in [0.717, 1.165) is 12.2 Å². The van der Waals surface area contributed by atoms with Crippen LogP contribution in [0.5, 0.6) is 5.75 Å². The number of nitrogens with two attached hydrogens (primary N) is 1. The number of para-hydroxylation sites is 1. The fraction of sp³-hybridized carbons (Fsp3) is 0.400. The Balaban J connectivity index is 1.99. The van der Waals surface area contributed by atoms with Crippen LogP contribution in [0.1, 0.15) is 48.8 Å². The zero-order valence-electron chi connectivity index (χ0n) is 13.9. The van der Waals surface area contributed by atoms with Crippen molar-refractivity contribution in [3.05, 3.63) is 65.2 Å². The fourth-order valence-corrected chi connectivity index (χ4v) is 2.85. The van der Waals surface area contributed by atoms with E-state index < -0.39 is 0 Å². The summed E-state index contributed by atoms with van der Waals surface area (Å²) >= 11 is 0. The first-order valence-electron chi connectivity index (χ1n) is 8.10. The van der Waals surface area contributed by atoms with Crippen molar-refractivity contribution < 1.29 is 4.74 Å². The lowest BCUT2D eigenvalue weighted by atomic mass is 9.92. The minimum absolute atomic E-state index is 0.354. The standard InChI is InChI=1S/C20H27NO/c1-15(2)18-9-6-7-11-20(18)22-13-12-17(14-21)19-10-5-4-8-16(19)3/h4-11,15,17H,12-14,21H2,1-3H3. The van der Waals surface area contributed by atoms with Gasteiger partial charge in [0.2, 0.25) is 0 Å². The molecule has 0 bridgehead atoms. The van der Waals surface area contributed by atoms with Gasteiger partial charge in [-0.1, -0.05) is 56.3 Å². The molecule has 2 nitrogen and oxygen atoms in total. The van der Waals surface area contributed by atoms with Crippen molar-refractivity contribution in [3.63, 3.8) is 0 Å². The van der Waals surface area contributed by atoms with Crippen molar-refractivity contribution in [1.82, 2.24) is 0 Å². The van der Waals surface area contributed by atoms with E-state index in [4.69, 9.17) is 10.5 Å². The van der Waals surface area contributed by atoms with E-state index in [9.17, 15) is 0 Å². The Bertz CT molecular complexity index is 592. The minimum atomic E-state index is 0.354. The summed E-state index contributed by atoms with van der Waals surface area (Å²) in [7, 11) is 0. The third kappa shape index (κ3) is 4.11. The maximum absolute atomic E-state index is 6.04. The van der Waals surface area contributed by atoms with Gasteiger partial charge in [0.15, 0.2) is 0 Å². The molecule has 2 heteroatoms. The molecule has 0 spiro atoms. The van der Waals surface area contributed by atoms with Crippen molar-refractivity contribution >= 4 is 0 Å². The molecule has 0 aromatic heterocycles. The number of benzene rings is 2.